The summed E-state index contributed by atoms with van der Waals surface area (Å²) in [4.78, 5) is 12.2. The molecule has 53 heavy (non-hydrogen) atoms. The molecule has 2 unspecified atom stereocenters. The maximum absolute atomic E-state index is 12.2. The van der Waals surface area contributed by atoms with E-state index in [1.54, 1.807) is 0 Å². The minimum Gasteiger partial charge on any atom is -0.469 e. The van der Waals surface area contributed by atoms with Crippen molar-refractivity contribution in [3.8, 4) is 0 Å². The van der Waals surface area contributed by atoms with Gasteiger partial charge in [-0.3, -0.25) is 4.79 Å². The number of fused-ring (bicyclic) bond motifs is 2. The molecular weight excluding hydrogens is 709 g/mol. The fourth-order valence-electron chi connectivity index (χ4n) is 8.63. The third kappa shape index (κ3) is 9.72. The smallest absolute Gasteiger partial charge is 0.349 e. The maximum atomic E-state index is 12.2. The second-order valence-electron chi connectivity index (χ2n) is 21.0. The molecule has 0 aromatic heterocycles. The van der Waals surface area contributed by atoms with Crippen molar-refractivity contribution in [3.63, 3.8) is 0 Å². The highest BCUT2D eigenvalue weighted by atomic mass is 28.4. The minimum absolute atomic E-state index is 0.00913. The zero-order valence-electron chi connectivity index (χ0n) is 36.2. The van der Waals surface area contributed by atoms with E-state index in [9.17, 15) is 9.90 Å². The van der Waals surface area contributed by atoms with E-state index in [-0.39, 0.29) is 81.4 Å². The second kappa shape index (κ2) is 15.9. The second-order valence-corrected chi connectivity index (χ2v) is 30.5. The third-order valence-electron chi connectivity index (χ3n) is 12.8. The Labute approximate surface area is 324 Å². The first kappa shape index (κ1) is 45.0. The van der Waals surface area contributed by atoms with E-state index in [0.717, 1.165) is 0 Å². The standard InChI is InChI=1S/C41H76O10Si2/c1-26(22-41(19-18-34(43)44-15)45-24-40(13,14)25-46-41)27(2)29(42)20-31-36(51-52(16,17)37(4,5)6)28(3)35-32(48-31)21-30-33(49-35)23-47-53(50-30,38(7,8)9)39(10,11)12/h26,28-33,35-36,42H,2,18-25H2,1,3-17H3/t26-,28+,29-,30-,31?,32+,33-,35+,36?/m1/s1. The Morgan fingerprint density at radius 1 is 0.981 bits per heavy atom. The van der Waals surface area contributed by atoms with Gasteiger partial charge in [0.2, 0.25) is 0 Å². The molecule has 1 N–H and O–H groups in total. The number of hydrogen-bond donors (Lipinski definition) is 1. The van der Waals surface area contributed by atoms with Crippen LogP contribution < -0.4 is 0 Å². The highest BCUT2D eigenvalue weighted by molar-refractivity contribution is 6.74. The predicted molar refractivity (Wildman–Crippen MR) is 212 cm³/mol. The van der Waals surface area contributed by atoms with Crippen molar-refractivity contribution in [3.05, 3.63) is 12.2 Å². The van der Waals surface area contributed by atoms with Crippen molar-refractivity contribution < 1.29 is 46.9 Å². The molecule has 9 atom stereocenters. The van der Waals surface area contributed by atoms with Crippen LogP contribution in [0.25, 0.3) is 0 Å². The van der Waals surface area contributed by atoms with Gasteiger partial charge >= 0.3 is 14.5 Å². The van der Waals surface area contributed by atoms with Crippen molar-refractivity contribution in [1.29, 1.82) is 0 Å². The number of methoxy groups -OCH3 is 1. The van der Waals surface area contributed by atoms with Crippen LogP contribution in [0.4, 0.5) is 0 Å². The molecule has 4 heterocycles. The lowest BCUT2D eigenvalue weighted by Crippen LogP contribution is -2.69. The summed E-state index contributed by atoms with van der Waals surface area (Å²) in [5, 5.41) is 11.6. The number of hydrogen-bond acceptors (Lipinski definition) is 10. The van der Waals surface area contributed by atoms with Gasteiger partial charge in [-0.1, -0.05) is 96.6 Å². The van der Waals surface area contributed by atoms with Gasteiger partial charge in [0.15, 0.2) is 14.1 Å². The quantitative estimate of drug-likeness (QED) is 0.125. The Kier molecular flexibility index (Phi) is 13.5. The lowest BCUT2D eigenvalue weighted by atomic mass is 9.80. The lowest BCUT2D eigenvalue weighted by Gasteiger charge is -2.59. The number of aliphatic hydroxyl groups excluding tert-OH is 1. The molecule has 0 saturated carbocycles. The summed E-state index contributed by atoms with van der Waals surface area (Å²) >= 11 is 0. The van der Waals surface area contributed by atoms with E-state index in [2.05, 4.69) is 103 Å². The molecule has 0 radical (unpaired) electrons. The topological polar surface area (TPSA) is 111 Å². The van der Waals surface area contributed by atoms with Gasteiger partial charge < -0.3 is 42.1 Å². The molecule has 308 valence electrons. The normalized spacial score (nSPS) is 32.9. The Balaban J connectivity index is 1.56. The van der Waals surface area contributed by atoms with Crippen LogP contribution in [0.15, 0.2) is 12.2 Å². The summed E-state index contributed by atoms with van der Waals surface area (Å²) in [6, 6.07) is 0. The average Bonchev–Trinajstić information content (AvgIpc) is 3.03. The SMILES string of the molecule is C=C([C@H](C)CC1(CCC(=O)OC)OCC(C)(C)CO1)[C@H](O)CC1O[C@H]2C[C@H]3O[Si](C(C)(C)C)(C(C)(C)C)OC[C@H]3O[C@H]2[C@H](C)C1O[Si](C)(C)C(C)(C)C. The molecule has 0 aliphatic carbocycles. The maximum Gasteiger partial charge on any atom is 0.349 e. The Morgan fingerprint density at radius 2 is 1.57 bits per heavy atom. The molecule has 4 aliphatic heterocycles. The van der Waals surface area contributed by atoms with Gasteiger partial charge in [-0.25, -0.2) is 0 Å². The number of carbonyl (C=O) groups excluding carboxylic acids is 1. The van der Waals surface area contributed by atoms with Crippen molar-refractivity contribution in [2.24, 2.45) is 17.3 Å². The van der Waals surface area contributed by atoms with Crippen LogP contribution in [-0.2, 0) is 41.8 Å². The van der Waals surface area contributed by atoms with Gasteiger partial charge in [0.25, 0.3) is 0 Å². The summed E-state index contributed by atoms with van der Waals surface area (Å²) in [6.07, 6.45) is -0.216. The van der Waals surface area contributed by atoms with Gasteiger partial charge in [-0.15, -0.1) is 0 Å². The van der Waals surface area contributed by atoms with Gasteiger partial charge in [0.05, 0.1) is 70.0 Å². The highest BCUT2D eigenvalue weighted by Crippen LogP contribution is 2.56. The molecule has 0 aromatic carbocycles. The fourth-order valence-corrected chi connectivity index (χ4v) is 15.0. The Bertz CT molecular complexity index is 1260. The van der Waals surface area contributed by atoms with Crippen molar-refractivity contribution in [2.75, 3.05) is 26.9 Å². The summed E-state index contributed by atoms with van der Waals surface area (Å²) in [6.45, 7) is 39.1. The third-order valence-corrected chi connectivity index (χ3v) is 22.5. The molecule has 0 aromatic rings. The molecule has 4 aliphatic rings. The van der Waals surface area contributed by atoms with Crippen LogP contribution in [0.3, 0.4) is 0 Å². The molecule has 10 nitrogen and oxygen atoms in total. The van der Waals surface area contributed by atoms with Gasteiger partial charge in [0, 0.05) is 47.1 Å². The van der Waals surface area contributed by atoms with Crippen LogP contribution in [-0.4, -0.2) is 103 Å². The van der Waals surface area contributed by atoms with Crippen LogP contribution >= 0.6 is 0 Å². The minimum atomic E-state index is -2.70. The lowest BCUT2D eigenvalue weighted by molar-refractivity contribution is -0.307. The van der Waals surface area contributed by atoms with Gasteiger partial charge in [0.1, 0.15) is 6.10 Å². The largest absolute Gasteiger partial charge is 0.469 e. The van der Waals surface area contributed by atoms with Crippen LogP contribution in [0.5, 0.6) is 0 Å². The first-order valence-corrected chi connectivity index (χ1v) is 24.8. The summed E-state index contributed by atoms with van der Waals surface area (Å²) in [5.41, 5.74) is 0.547. The highest BCUT2D eigenvalue weighted by Gasteiger charge is 2.64. The molecule has 12 heteroatoms. The monoisotopic (exact) mass is 784 g/mol. The molecule has 0 bridgehead atoms. The van der Waals surface area contributed by atoms with Crippen molar-refractivity contribution in [2.45, 2.75) is 199 Å². The summed E-state index contributed by atoms with van der Waals surface area (Å²) in [7, 11) is -3.57. The zero-order valence-corrected chi connectivity index (χ0v) is 38.2. The van der Waals surface area contributed by atoms with Gasteiger partial charge in [-0.2, -0.15) is 0 Å². The number of carbonyl (C=O) groups is 1. The van der Waals surface area contributed by atoms with Crippen LogP contribution in [0.1, 0.15) is 122 Å². The number of ether oxygens (including phenoxy) is 5. The average molecular weight is 785 g/mol. The number of rotatable bonds is 11. The Morgan fingerprint density at radius 3 is 2.09 bits per heavy atom. The summed E-state index contributed by atoms with van der Waals surface area (Å²) in [5.74, 6) is -1.44. The molecule has 0 amide bonds. The number of esters is 1. The van der Waals surface area contributed by atoms with E-state index in [1.807, 2.05) is 6.92 Å². The van der Waals surface area contributed by atoms with Crippen molar-refractivity contribution >= 4 is 22.8 Å². The molecule has 4 saturated heterocycles. The predicted octanol–water partition coefficient (Wildman–Crippen LogP) is 8.45. The van der Waals surface area contributed by atoms with E-state index in [0.29, 0.717) is 51.1 Å². The molecule has 4 rings (SSSR count). The molecular formula is C41H76O10Si2. The fraction of sp³-hybridized carbons (Fsp3) is 0.927. The Hall–Kier alpha value is -0.676. The number of aliphatic hydroxyl groups is 1. The molecule has 0 spiro atoms. The van der Waals surface area contributed by atoms with E-state index >= 15 is 0 Å². The first-order chi connectivity index (χ1) is 24.1. The van der Waals surface area contributed by atoms with E-state index in [4.69, 9.17) is 37.0 Å². The van der Waals surface area contributed by atoms with E-state index < -0.39 is 28.8 Å². The van der Waals surface area contributed by atoms with Crippen LogP contribution in [0, 0.1) is 17.3 Å². The van der Waals surface area contributed by atoms with E-state index in [1.165, 1.54) is 7.11 Å². The summed E-state index contributed by atoms with van der Waals surface area (Å²) < 4.78 is 52.8. The van der Waals surface area contributed by atoms with Crippen molar-refractivity contribution in [1.82, 2.24) is 0 Å². The molecule has 4 fully saturated rings. The zero-order chi connectivity index (χ0) is 40.2. The first-order valence-electron chi connectivity index (χ1n) is 20.1. The van der Waals surface area contributed by atoms with Gasteiger partial charge in [-0.05, 0) is 29.6 Å². The van der Waals surface area contributed by atoms with Crippen LogP contribution in [0.2, 0.25) is 28.2 Å².